The summed E-state index contributed by atoms with van der Waals surface area (Å²) < 4.78 is 5.51. The fourth-order valence-electron chi connectivity index (χ4n) is 2.07. The molecule has 1 unspecified atom stereocenters. The minimum atomic E-state index is 0.0896. The topological polar surface area (TPSA) is 87.0 Å². The van der Waals surface area contributed by atoms with Gasteiger partial charge in [0.25, 0.3) is 0 Å². The van der Waals surface area contributed by atoms with Gasteiger partial charge in [-0.1, -0.05) is 12.1 Å². The van der Waals surface area contributed by atoms with Crippen molar-refractivity contribution in [3.05, 3.63) is 41.7 Å². The summed E-state index contributed by atoms with van der Waals surface area (Å²) in [6, 6.07) is 7.69. The molecule has 0 radical (unpaired) electrons. The van der Waals surface area contributed by atoms with E-state index >= 15 is 0 Å². The molecule has 5 heteroatoms. The van der Waals surface area contributed by atoms with Crippen LogP contribution < -0.4 is 16.2 Å². The summed E-state index contributed by atoms with van der Waals surface area (Å²) >= 11 is 0. The number of hydrogen-bond donors (Lipinski definition) is 2. The molecule has 0 aliphatic carbocycles. The predicted molar refractivity (Wildman–Crippen MR) is 64.6 cm³/mol. The second-order valence-electron chi connectivity index (χ2n) is 4.01. The van der Waals surface area contributed by atoms with Crippen LogP contribution in [0.25, 0.3) is 0 Å². The summed E-state index contributed by atoms with van der Waals surface area (Å²) in [5.41, 5.74) is 14.3. The quantitative estimate of drug-likeness (QED) is 0.715. The lowest BCUT2D eigenvalue weighted by Gasteiger charge is -2.10. The number of nitrogens with zero attached hydrogens (tertiary/aromatic N) is 2. The van der Waals surface area contributed by atoms with Crippen LogP contribution in [-0.4, -0.2) is 16.6 Å². The Hall–Kier alpha value is -2.30. The van der Waals surface area contributed by atoms with Gasteiger partial charge in [-0.05, 0) is 17.7 Å². The maximum atomic E-state index is 5.87. The maximum Gasteiger partial charge on any atom is 0.222 e. The highest BCUT2D eigenvalue weighted by molar-refractivity contribution is 5.54. The van der Waals surface area contributed by atoms with Crippen molar-refractivity contribution in [3.63, 3.8) is 0 Å². The van der Waals surface area contributed by atoms with Crippen LogP contribution in [0.4, 0.5) is 11.5 Å². The van der Waals surface area contributed by atoms with E-state index in [1.807, 2.05) is 24.3 Å². The molecule has 1 aliphatic rings. The van der Waals surface area contributed by atoms with Gasteiger partial charge in [0.1, 0.15) is 18.8 Å². The third kappa shape index (κ3) is 1.56. The number of nitrogen functional groups attached to an aromatic ring is 2. The van der Waals surface area contributed by atoms with Crippen LogP contribution >= 0.6 is 0 Å². The van der Waals surface area contributed by atoms with Gasteiger partial charge in [-0.2, -0.15) is 0 Å². The minimum absolute atomic E-state index is 0.0896. The Bertz CT molecular complexity index is 553. The first-order valence-electron chi connectivity index (χ1n) is 5.34. The number of fused-ring (bicyclic) bond motifs is 1. The smallest absolute Gasteiger partial charge is 0.222 e. The Morgan fingerprint density at radius 1 is 1.12 bits per heavy atom. The van der Waals surface area contributed by atoms with E-state index in [4.69, 9.17) is 16.2 Å². The lowest BCUT2D eigenvalue weighted by molar-refractivity contribution is 0.332. The van der Waals surface area contributed by atoms with E-state index in [0.29, 0.717) is 18.3 Å². The molecule has 86 valence electrons. The molecule has 5 nitrogen and oxygen atoms in total. The van der Waals surface area contributed by atoms with Gasteiger partial charge in [-0.3, -0.25) is 0 Å². The fraction of sp³-hybridized carbons (Fsp3) is 0.167. The predicted octanol–water partition coefficient (Wildman–Crippen LogP) is 1.17. The van der Waals surface area contributed by atoms with Crippen molar-refractivity contribution in [3.8, 4) is 5.88 Å². The molecule has 0 saturated carbocycles. The van der Waals surface area contributed by atoms with E-state index in [1.54, 1.807) is 0 Å². The number of benzene rings is 1. The SMILES string of the molecule is Nc1ccc(C2COc3ncnc(N)c32)cc1. The standard InChI is InChI=1S/C12H12N4O/c13-8-3-1-7(2-4-8)9-5-17-12-10(9)11(14)15-6-16-12/h1-4,6,9H,5,13H2,(H2,14,15,16). The zero-order valence-corrected chi connectivity index (χ0v) is 9.13. The van der Waals surface area contributed by atoms with Crippen molar-refractivity contribution >= 4 is 11.5 Å². The fourth-order valence-corrected chi connectivity index (χ4v) is 2.07. The van der Waals surface area contributed by atoms with Crippen molar-refractivity contribution in [1.82, 2.24) is 9.97 Å². The van der Waals surface area contributed by atoms with E-state index in [9.17, 15) is 0 Å². The molecule has 1 aromatic carbocycles. The first-order valence-corrected chi connectivity index (χ1v) is 5.34. The van der Waals surface area contributed by atoms with Crippen molar-refractivity contribution in [1.29, 1.82) is 0 Å². The van der Waals surface area contributed by atoms with Crippen molar-refractivity contribution in [2.45, 2.75) is 5.92 Å². The summed E-state index contributed by atoms with van der Waals surface area (Å²) in [6.45, 7) is 0.544. The van der Waals surface area contributed by atoms with Gasteiger partial charge >= 0.3 is 0 Å². The summed E-state index contributed by atoms with van der Waals surface area (Å²) in [5, 5.41) is 0. The van der Waals surface area contributed by atoms with Gasteiger partial charge in [0.2, 0.25) is 5.88 Å². The van der Waals surface area contributed by atoms with Gasteiger partial charge in [-0.25, -0.2) is 9.97 Å². The molecule has 0 spiro atoms. The van der Waals surface area contributed by atoms with Gasteiger partial charge in [-0.15, -0.1) is 0 Å². The number of ether oxygens (including phenoxy) is 1. The van der Waals surface area contributed by atoms with Crippen LogP contribution in [0, 0.1) is 0 Å². The molecule has 4 N–H and O–H groups in total. The van der Waals surface area contributed by atoms with Gasteiger partial charge in [0.05, 0.1) is 11.5 Å². The van der Waals surface area contributed by atoms with E-state index in [2.05, 4.69) is 9.97 Å². The van der Waals surface area contributed by atoms with E-state index < -0.39 is 0 Å². The average Bonchev–Trinajstić information content (AvgIpc) is 2.75. The average molecular weight is 228 g/mol. The number of hydrogen-bond acceptors (Lipinski definition) is 5. The zero-order chi connectivity index (χ0) is 11.8. The number of anilines is 2. The largest absolute Gasteiger partial charge is 0.476 e. The Labute approximate surface area is 98.4 Å². The summed E-state index contributed by atoms with van der Waals surface area (Å²) in [6.07, 6.45) is 1.42. The molecule has 2 aromatic rings. The summed E-state index contributed by atoms with van der Waals surface area (Å²) in [4.78, 5) is 8.08. The Morgan fingerprint density at radius 3 is 2.65 bits per heavy atom. The van der Waals surface area contributed by atoms with Crippen molar-refractivity contribution in [2.75, 3.05) is 18.1 Å². The second-order valence-corrected chi connectivity index (χ2v) is 4.01. The van der Waals surface area contributed by atoms with Crippen molar-refractivity contribution < 1.29 is 4.74 Å². The molecular weight excluding hydrogens is 216 g/mol. The normalized spacial score (nSPS) is 17.5. The Kier molecular flexibility index (Phi) is 2.11. The number of nitrogens with two attached hydrogens (primary N) is 2. The summed E-state index contributed by atoms with van der Waals surface area (Å²) in [7, 11) is 0. The van der Waals surface area contributed by atoms with Crippen LogP contribution in [0.15, 0.2) is 30.6 Å². The minimum Gasteiger partial charge on any atom is -0.476 e. The van der Waals surface area contributed by atoms with Gasteiger partial charge in [0, 0.05) is 5.69 Å². The van der Waals surface area contributed by atoms with Crippen molar-refractivity contribution in [2.24, 2.45) is 0 Å². The molecule has 0 saturated heterocycles. The molecular formula is C12H12N4O. The highest BCUT2D eigenvalue weighted by atomic mass is 16.5. The molecule has 0 amide bonds. The zero-order valence-electron chi connectivity index (χ0n) is 9.13. The monoisotopic (exact) mass is 228 g/mol. The van der Waals surface area contributed by atoms with Gasteiger partial charge < -0.3 is 16.2 Å². The molecule has 3 rings (SSSR count). The molecule has 1 aromatic heterocycles. The van der Waals surface area contributed by atoms with Crippen LogP contribution in [0.2, 0.25) is 0 Å². The molecule has 1 atom stereocenters. The first-order chi connectivity index (χ1) is 8.25. The second kappa shape index (κ2) is 3.62. The molecule has 0 fully saturated rings. The third-order valence-electron chi connectivity index (χ3n) is 2.95. The highest BCUT2D eigenvalue weighted by Crippen LogP contribution is 2.39. The Morgan fingerprint density at radius 2 is 1.88 bits per heavy atom. The van der Waals surface area contributed by atoms with E-state index in [0.717, 1.165) is 16.8 Å². The maximum absolute atomic E-state index is 5.87. The lowest BCUT2D eigenvalue weighted by Crippen LogP contribution is -2.05. The van der Waals surface area contributed by atoms with Crippen LogP contribution in [0.3, 0.4) is 0 Å². The lowest BCUT2D eigenvalue weighted by atomic mass is 9.94. The highest BCUT2D eigenvalue weighted by Gasteiger charge is 2.29. The van der Waals surface area contributed by atoms with Crippen LogP contribution in [0.5, 0.6) is 5.88 Å². The Balaban J connectivity index is 2.06. The molecule has 2 heterocycles. The van der Waals surface area contributed by atoms with Crippen LogP contribution in [-0.2, 0) is 0 Å². The molecule has 0 bridgehead atoms. The molecule has 17 heavy (non-hydrogen) atoms. The van der Waals surface area contributed by atoms with E-state index in [1.165, 1.54) is 6.33 Å². The number of aromatic nitrogens is 2. The van der Waals surface area contributed by atoms with Gasteiger partial charge in [0.15, 0.2) is 0 Å². The number of rotatable bonds is 1. The van der Waals surface area contributed by atoms with Crippen LogP contribution in [0.1, 0.15) is 17.0 Å². The third-order valence-corrected chi connectivity index (χ3v) is 2.95. The summed E-state index contributed by atoms with van der Waals surface area (Å²) in [5.74, 6) is 1.15. The first kappa shape index (κ1) is 9.89. The van der Waals surface area contributed by atoms with E-state index in [-0.39, 0.29) is 5.92 Å². The molecule has 1 aliphatic heterocycles.